The second kappa shape index (κ2) is 12.0. The molecule has 7 nitrogen and oxygen atoms in total. The number of nitrogens with one attached hydrogen (secondary N) is 2. The molecular formula is C23H38N4O3. The standard InChI is InChI=1S/C23H38N4O3/c1-17-10-11-21(26(17)4)12-13-27(22(29)14-19-8-6-5-7-9-19)15-20(16-28)25-23(30)18(2)24-3/h5-8,16-21,24H,9-15H2,1-4H3,(H,25,30)/t17?,18?,19-,20?,21-/m1/s1. The zero-order chi connectivity index (χ0) is 22.1. The maximum atomic E-state index is 13.1. The maximum absolute atomic E-state index is 13.1. The van der Waals surface area contributed by atoms with Crippen molar-refractivity contribution in [3.63, 3.8) is 0 Å². The number of hydrogen-bond donors (Lipinski definition) is 2. The lowest BCUT2D eigenvalue weighted by atomic mass is 9.96. The van der Waals surface area contributed by atoms with Crippen molar-refractivity contribution in [2.45, 2.75) is 70.1 Å². The molecule has 30 heavy (non-hydrogen) atoms. The van der Waals surface area contributed by atoms with Crippen LogP contribution in [0.5, 0.6) is 0 Å². The van der Waals surface area contributed by atoms with Crippen molar-refractivity contribution in [1.82, 2.24) is 20.4 Å². The summed E-state index contributed by atoms with van der Waals surface area (Å²) in [6, 6.07) is -0.103. The molecule has 168 valence electrons. The predicted octanol–water partition coefficient (Wildman–Crippen LogP) is 1.50. The first-order valence-corrected chi connectivity index (χ1v) is 11.1. The van der Waals surface area contributed by atoms with E-state index < -0.39 is 12.1 Å². The Hall–Kier alpha value is -1.99. The zero-order valence-electron chi connectivity index (χ0n) is 18.8. The summed E-state index contributed by atoms with van der Waals surface area (Å²) in [6.07, 6.45) is 13.3. The smallest absolute Gasteiger partial charge is 0.237 e. The van der Waals surface area contributed by atoms with Crippen LogP contribution in [0.25, 0.3) is 0 Å². The van der Waals surface area contributed by atoms with Crippen molar-refractivity contribution in [3.8, 4) is 0 Å². The van der Waals surface area contributed by atoms with Gasteiger partial charge in [0, 0.05) is 31.6 Å². The molecule has 0 aromatic carbocycles. The summed E-state index contributed by atoms with van der Waals surface area (Å²) in [5, 5.41) is 5.62. The van der Waals surface area contributed by atoms with E-state index in [4.69, 9.17) is 0 Å². The van der Waals surface area contributed by atoms with Gasteiger partial charge in [-0.15, -0.1) is 0 Å². The Bertz CT molecular complexity index is 648. The Morgan fingerprint density at radius 3 is 2.63 bits per heavy atom. The van der Waals surface area contributed by atoms with Gasteiger partial charge in [-0.3, -0.25) is 9.59 Å². The second-order valence-corrected chi connectivity index (χ2v) is 8.65. The topological polar surface area (TPSA) is 81.8 Å². The Morgan fingerprint density at radius 2 is 2.07 bits per heavy atom. The molecule has 5 atom stereocenters. The molecule has 0 bridgehead atoms. The molecule has 2 N–H and O–H groups in total. The van der Waals surface area contributed by atoms with Crippen LogP contribution in [0.15, 0.2) is 24.3 Å². The summed E-state index contributed by atoms with van der Waals surface area (Å²) < 4.78 is 0. The number of hydrogen-bond acceptors (Lipinski definition) is 5. The van der Waals surface area contributed by atoms with E-state index >= 15 is 0 Å². The molecule has 7 heteroatoms. The molecule has 3 unspecified atom stereocenters. The molecule has 0 aromatic rings. The predicted molar refractivity (Wildman–Crippen MR) is 119 cm³/mol. The first-order chi connectivity index (χ1) is 14.3. The van der Waals surface area contributed by atoms with Crippen molar-refractivity contribution in [2.75, 3.05) is 27.2 Å². The lowest BCUT2D eigenvalue weighted by Gasteiger charge is -2.30. The van der Waals surface area contributed by atoms with Gasteiger partial charge in [0.05, 0.1) is 6.04 Å². The number of aldehydes is 1. The van der Waals surface area contributed by atoms with Crippen LogP contribution >= 0.6 is 0 Å². The summed E-state index contributed by atoms with van der Waals surface area (Å²) in [4.78, 5) is 41.1. The Balaban J connectivity index is 2.01. The molecule has 0 spiro atoms. The largest absolute Gasteiger partial charge is 0.343 e. The molecule has 1 aliphatic heterocycles. The number of nitrogens with zero attached hydrogens (tertiary/aromatic N) is 2. The quantitative estimate of drug-likeness (QED) is 0.497. The second-order valence-electron chi connectivity index (χ2n) is 8.65. The van der Waals surface area contributed by atoms with Gasteiger partial charge in [0.2, 0.25) is 11.8 Å². The number of carbonyl (C=O) groups is 3. The Morgan fingerprint density at radius 1 is 1.30 bits per heavy atom. The molecule has 2 rings (SSSR count). The lowest BCUT2D eigenvalue weighted by Crippen LogP contribution is -2.51. The van der Waals surface area contributed by atoms with Crippen LogP contribution < -0.4 is 10.6 Å². The minimum absolute atomic E-state index is 0.0383. The van der Waals surface area contributed by atoms with E-state index in [0.717, 1.165) is 25.5 Å². The van der Waals surface area contributed by atoms with Crippen molar-refractivity contribution in [3.05, 3.63) is 24.3 Å². The van der Waals surface area contributed by atoms with Crippen LogP contribution in [0.2, 0.25) is 0 Å². The third-order valence-corrected chi connectivity index (χ3v) is 6.52. The summed E-state index contributed by atoms with van der Waals surface area (Å²) in [5.41, 5.74) is 0. The van der Waals surface area contributed by atoms with Gasteiger partial charge in [-0.2, -0.15) is 0 Å². The molecule has 1 saturated heterocycles. The number of likely N-dealkylation sites (N-methyl/N-ethyl adjacent to an activating group) is 1. The van der Waals surface area contributed by atoms with E-state index in [1.807, 2.05) is 12.2 Å². The fraction of sp³-hybridized carbons (Fsp3) is 0.696. The molecule has 0 radical (unpaired) electrons. The van der Waals surface area contributed by atoms with Gasteiger partial charge in [0.25, 0.3) is 0 Å². The number of allylic oxidation sites excluding steroid dienone is 4. The van der Waals surface area contributed by atoms with Gasteiger partial charge in [-0.25, -0.2) is 0 Å². The number of amides is 2. The average Bonchev–Trinajstić information content (AvgIpc) is 3.07. The van der Waals surface area contributed by atoms with Crippen LogP contribution in [-0.4, -0.2) is 79.3 Å². The van der Waals surface area contributed by atoms with E-state index in [0.29, 0.717) is 25.0 Å². The van der Waals surface area contributed by atoms with Gasteiger partial charge in [-0.05, 0) is 59.5 Å². The SMILES string of the molecule is CNC(C)C(=O)NC(C=O)CN(CC[C@H]1CCC(C)N1C)C(=O)C[C@@H]1C=CC=CC1. The average molecular weight is 419 g/mol. The monoisotopic (exact) mass is 418 g/mol. The fourth-order valence-electron chi connectivity index (χ4n) is 4.11. The van der Waals surface area contributed by atoms with Gasteiger partial charge in [-0.1, -0.05) is 24.3 Å². The van der Waals surface area contributed by atoms with Gasteiger partial charge >= 0.3 is 0 Å². The highest BCUT2D eigenvalue weighted by atomic mass is 16.2. The number of rotatable bonds is 11. The molecule has 1 aliphatic carbocycles. The van der Waals surface area contributed by atoms with E-state index in [1.165, 1.54) is 6.42 Å². The summed E-state index contributed by atoms with van der Waals surface area (Å²) in [6.45, 7) is 4.77. The van der Waals surface area contributed by atoms with Crippen molar-refractivity contribution in [1.29, 1.82) is 0 Å². The summed E-state index contributed by atoms with van der Waals surface area (Å²) in [7, 11) is 3.84. The zero-order valence-corrected chi connectivity index (χ0v) is 18.8. The first-order valence-electron chi connectivity index (χ1n) is 11.1. The Labute approximate surface area is 180 Å². The van der Waals surface area contributed by atoms with E-state index in [1.54, 1.807) is 18.9 Å². The molecule has 0 saturated carbocycles. The number of carbonyl (C=O) groups excluding carboxylic acids is 3. The molecule has 1 heterocycles. The molecule has 2 aliphatic rings. The third-order valence-electron chi connectivity index (χ3n) is 6.52. The van der Waals surface area contributed by atoms with Crippen molar-refractivity contribution < 1.29 is 14.4 Å². The number of likely N-dealkylation sites (tertiary alicyclic amines) is 1. The first kappa shape index (κ1) is 24.3. The molecule has 0 aromatic heterocycles. The minimum atomic E-state index is -0.709. The van der Waals surface area contributed by atoms with Gasteiger partial charge < -0.3 is 25.2 Å². The van der Waals surface area contributed by atoms with E-state index in [-0.39, 0.29) is 24.3 Å². The highest BCUT2D eigenvalue weighted by Crippen LogP contribution is 2.24. The van der Waals surface area contributed by atoms with E-state index in [2.05, 4.69) is 41.7 Å². The third kappa shape index (κ3) is 7.06. The fourth-order valence-corrected chi connectivity index (χ4v) is 4.11. The summed E-state index contributed by atoms with van der Waals surface area (Å²) in [5.74, 6) is -0.0177. The highest BCUT2D eigenvalue weighted by Gasteiger charge is 2.29. The van der Waals surface area contributed by atoms with Gasteiger partial charge in [0.1, 0.15) is 12.3 Å². The van der Waals surface area contributed by atoms with Gasteiger partial charge in [0.15, 0.2) is 0 Å². The molecule has 1 fully saturated rings. The highest BCUT2D eigenvalue weighted by molar-refractivity contribution is 5.84. The summed E-state index contributed by atoms with van der Waals surface area (Å²) >= 11 is 0. The molecule has 2 amide bonds. The van der Waals surface area contributed by atoms with Crippen LogP contribution in [0.4, 0.5) is 0 Å². The van der Waals surface area contributed by atoms with Crippen LogP contribution in [-0.2, 0) is 14.4 Å². The van der Waals surface area contributed by atoms with Crippen molar-refractivity contribution in [2.24, 2.45) is 5.92 Å². The van der Waals surface area contributed by atoms with E-state index in [9.17, 15) is 14.4 Å². The van der Waals surface area contributed by atoms with Crippen LogP contribution in [0.3, 0.4) is 0 Å². The Kier molecular flexibility index (Phi) is 9.72. The van der Waals surface area contributed by atoms with Crippen LogP contribution in [0.1, 0.15) is 46.0 Å². The normalized spacial score (nSPS) is 25.7. The lowest BCUT2D eigenvalue weighted by molar-refractivity contribution is -0.134. The minimum Gasteiger partial charge on any atom is -0.343 e. The van der Waals surface area contributed by atoms with Crippen molar-refractivity contribution >= 4 is 18.1 Å². The maximum Gasteiger partial charge on any atom is 0.237 e. The van der Waals surface area contributed by atoms with Crippen LogP contribution in [0, 0.1) is 5.92 Å². The molecular weight excluding hydrogens is 380 g/mol.